The van der Waals surface area contributed by atoms with Crippen LogP contribution in [0.2, 0.25) is 0 Å². The van der Waals surface area contributed by atoms with Crippen LogP contribution in [-0.4, -0.2) is 236 Å². The Morgan fingerprint density at radius 3 is 1.84 bits per heavy atom. The van der Waals surface area contributed by atoms with Crippen molar-refractivity contribution in [2.75, 3.05) is 26.4 Å². The molecular formula is C28H49N2O26P. The Kier molecular flexibility index (Phi) is 15.9. The molecule has 4 aliphatic rings. The largest absolute Gasteiger partial charge is 0.477 e. The van der Waals surface area contributed by atoms with Crippen LogP contribution in [0.4, 0.5) is 0 Å². The zero-order chi connectivity index (χ0) is 42.9. The Balaban J connectivity index is 1.58. The van der Waals surface area contributed by atoms with Crippen LogP contribution in [0.25, 0.3) is 0 Å². The summed E-state index contributed by atoms with van der Waals surface area (Å²) < 4.78 is 54.1. The number of phosphoric ester groups is 1. The quantitative estimate of drug-likeness (QED) is 0.0641. The summed E-state index contributed by atoms with van der Waals surface area (Å²) in [6.07, 6.45) is -34.0. The lowest BCUT2D eigenvalue weighted by atomic mass is 9.90. The molecule has 19 N–H and O–H groups in total. The van der Waals surface area contributed by atoms with Gasteiger partial charge in [-0.15, -0.1) is 0 Å². The molecule has 0 unspecified atom stereocenters. The predicted molar refractivity (Wildman–Crippen MR) is 171 cm³/mol. The molecule has 0 saturated carbocycles. The lowest BCUT2D eigenvalue weighted by Gasteiger charge is -2.50. The highest BCUT2D eigenvalue weighted by Gasteiger charge is 2.61. The minimum absolute atomic E-state index is 0.852. The molecule has 4 rings (SSSR count). The lowest BCUT2D eigenvalue weighted by Crippen LogP contribution is -2.68. The van der Waals surface area contributed by atoms with E-state index in [-0.39, 0.29) is 0 Å². The van der Waals surface area contributed by atoms with Gasteiger partial charge in [0.15, 0.2) is 12.6 Å². The highest BCUT2D eigenvalue weighted by Crippen LogP contribution is 2.42. The topological polar surface area (TPSA) is 481 Å². The van der Waals surface area contributed by atoms with E-state index in [1.807, 2.05) is 0 Å². The van der Waals surface area contributed by atoms with E-state index in [2.05, 4.69) is 4.52 Å². The van der Waals surface area contributed by atoms with Crippen LogP contribution in [0.1, 0.15) is 12.8 Å². The highest BCUT2D eigenvalue weighted by atomic mass is 31.2. The number of carbonyl (C=O) groups is 2. The maximum atomic E-state index is 12.8. The predicted octanol–water partition coefficient (Wildman–Crippen LogP) is -10.0. The van der Waals surface area contributed by atoms with Gasteiger partial charge in [0.05, 0.1) is 50.7 Å². The summed E-state index contributed by atoms with van der Waals surface area (Å²) in [7, 11) is -5.31. The molecule has 0 aromatic carbocycles. The van der Waals surface area contributed by atoms with E-state index in [0.717, 1.165) is 0 Å². The first kappa shape index (κ1) is 47.9. The lowest BCUT2D eigenvalue weighted by molar-refractivity contribution is -0.378. The van der Waals surface area contributed by atoms with Crippen molar-refractivity contribution in [3.63, 3.8) is 0 Å². The molecule has 332 valence electrons. The number of carboxylic acids is 2. The molecule has 0 aliphatic carbocycles. The van der Waals surface area contributed by atoms with E-state index in [1.165, 1.54) is 0 Å². The first-order chi connectivity index (χ1) is 26.4. The van der Waals surface area contributed by atoms with Crippen molar-refractivity contribution < 1.29 is 128 Å². The smallest absolute Gasteiger partial charge is 0.470 e. The summed E-state index contributed by atoms with van der Waals surface area (Å²) in [5, 5.41) is 134. The SMILES string of the molecule is N[C@@H]1[C@@H](O)[C@H](OP(=O)(O)O)[C@@H](CO[C@@H]2O[C@H](CO[C@]3(C(=O)O)C[C@@H](O[C@]4(C(=O)O)C[C@@H](O)[C@@H](O)[C@@H]([C@H](O)CO)O4)[C@@H](O)[C@@H]([C@H](O)CO)O3)[C@@H](O)[C@H](O)[C@H]2N)O[C@H]1O. The number of nitrogens with two attached hydrogens (primary N) is 2. The fraction of sp³-hybridized carbons (Fsp3) is 0.929. The number of ether oxygens (including phenoxy) is 7. The molecule has 4 fully saturated rings. The normalized spacial score (nSPS) is 45.6. The zero-order valence-corrected chi connectivity index (χ0v) is 30.3. The fourth-order valence-electron chi connectivity index (χ4n) is 6.64. The van der Waals surface area contributed by atoms with E-state index >= 15 is 0 Å². The molecule has 0 aromatic heterocycles. The first-order valence-electron chi connectivity index (χ1n) is 17.1. The highest BCUT2D eigenvalue weighted by molar-refractivity contribution is 7.46. The van der Waals surface area contributed by atoms with Gasteiger partial charge < -0.3 is 121 Å². The molecule has 4 heterocycles. The van der Waals surface area contributed by atoms with Gasteiger partial charge in [-0.2, -0.15) is 0 Å². The van der Waals surface area contributed by atoms with Crippen LogP contribution in [0.3, 0.4) is 0 Å². The Labute approximate surface area is 320 Å². The number of aliphatic hydroxyl groups is 11. The zero-order valence-electron chi connectivity index (χ0n) is 29.4. The van der Waals surface area contributed by atoms with Gasteiger partial charge >= 0.3 is 19.8 Å². The molecule has 0 aromatic rings. The molecule has 0 radical (unpaired) electrons. The van der Waals surface area contributed by atoms with Crippen molar-refractivity contribution in [3.05, 3.63) is 0 Å². The van der Waals surface area contributed by atoms with Gasteiger partial charge in [0.1, 0.15) is 73.2 Å². The van der Waals surface area contributed by atoms with Crippen molar-refractivity contribution in [1.29, 1.82) is 0 Å². The number of phosphoric acid groups is 1. The van der Waals surface area contributed by atoms with Gasteiger partial charge in [-0.3, -0.25) is 4.52 Å². The van der Waals surface area contributed by atoms with E-state index in [1.54, 1.807) is 0 Å². The summed E-state index contributed by atoms with van der Waals surface area (Å²) >= 11 is 0. The van der Waals surface area contributed by atoms with Crippen LogP contribution < -0.4 is 11.5 Å². The number of hydrogen-bond acceptors (Lipinski definition) is 24. The average molecular weight is 861 g/mol. The molecule has 28 nitrogen and oxygen atoms in total. The van der Waals surface area contributed by atoms with Gasteiger partial charge in [0.25, 0.3) is 11.6 Å². The summed E-state index contributed by atoms with van der Waals surface area (Å²) in [6.45, 7) is -4.26. The molecule has 29 heteroatoms. The van der Waals surface area contributed by atoms with Gasteiger partial charge in [0, 0.05) is 12.8 Å². The Morgan fingerprint density at radius 2 is 1.30 bits per heavy atom. The van der Waals surface area contributed by atoms with Crippen LogP contribution in [0.5, 0.6) is 0 Å². The molecule has 20 atom stereocenters. The molecule has 57 heavy (non-hydrogen) atoms. The van der Waals surface area contributed by atoms with Gasteiger partial charge in [-0.1, -0.05) is 0 Å². The van der Waals surface area contributed by atoms with Crippen LogP contribution in [0, 0.1) is 0 Å². The molecule has 4 aliphatic heterocycles. The molecule has 4 saturated heterocycles. The van der Waals surface area contributed by atoms with Gasteiger partial charge in [0.2, 0.25) is 0 Å². The standard InChI is InChI=1S/C28H49N2O26P/c29-13-19(40)22(56-57(46,47)48)12(51-23(13)41)5-49-24-14(30)18(39)16(37)11(52-24)6-50-27(25(42)43)2-10(17(38)21(54-27)9(35)4-32)53-28(26(44)45)1-7(33)15(36)20(55-28)8(34)3-31/h7-24,31-41H,1-6,29-30H2,(H,42,43)(H,44,45)(H2,46,47,48)/t7-,8-,9-,10-,11-,12-,13-,14-,15-,16-,17-,18-,19-,20-,21-,22-,23-,24-,27-,28-/m1/s1. The summed E-state index contributed by atoms with van der Waals surface area (Å²) in [4.78, 5) is 44.0. The Hall–Kier alpha value is -1.75. The third-order valence-corrected chi connectivity index (χ3v) is 10.3. The van der Waals surface area contributed by atoms with Crippen molar-refractivity contribution in [3.8, 4) is 0 Å². The molecule has 0 spiro atoms. The Bertz CT molecular complexity index is 1410. The van der Waals surface area contributed by atoms with E-state index in [4.69, 9.17) is 44.6 Å². The maximum absolute atomic E-state index is 12.8. The van der Waals surface area contributed by atoms with Crippen LogP contribution in [0.15, 0.2) is 0 Å². The summed E-state index contributed by atoms with van der Waals surface area (Å²) in [5.74, 6) is -10.3. The number of carboxylic acid groups (broad SMARTS) is 2. The second kappa shape index (κ2) is 18.9. The van der Waals surface area contributed by atoms with Crippen molar-refractivity contribution in [2.24, 2.45) is 11.5 Å². The number of rotatable bonds is 16. The number of aliphatic carboxylic acids is 2. The third kappa shape index (κ3) is 10.4. The summed E-state index contributed by atoms with van der Waals surface area (Å²) in [5.41, 5.74) is 11.5. The monoisotopic (exact) mass is 860 g/mol. The third-order valence-electron chi connectivity index (χ3n) is 9.83. The van der Waals surface area contributed by atoms with Crippen LogP contribution in [-0.2, 0) is 51.8 Å². The summed E-state index contributed by atoms with van der Waals surface area (Å²) in [6, 6.07) is -3.23. The van der Waals surface area contributed by atoms with Gasteiger partial charge in [-0.25, -0.2) is 14.2 Å². The molecule has 0 amide bonds. The minimum atomic E-state index is -5.31. The Morgan fingerprint density at radius 1 is 0.737 bits per heavy atom. The van der Waals surface area contributed by atoms with E-state index in [0.29, 0.717) is 0 Å². The first-order valence-corrected chi connectivity index (χ1v) is 18.6. The second-order valence-electron chi connectivity index (χ2n) is 13.8. The van der Waals surface area contributed by atoms with Crippen molar-refractivity contribution in [1.82, 2.24) is 0 Å². The van der Waals surface area contributed by atoms with E-state index < -0.39 is 181 Å². The fourth-order valence-corrected chi connectivity index (χ4v) is 7.22. The van der Waals surface area contributed by atoms with E-state index in [9.17, 15) is 90.3 Å². The van der Waals surface area contributed by atoms with Crippen LogP contribution >= 0.6 is 7.82 Å². The minimum Gasteiger partial charge on any atom is -0.477 e. The molecular weight excluding hydrogens is 811 g/mol. The maximum Gasteiger partial charge on any atom is 0.470 e. The number of hydrogen-bond donors (Lipinski definition) is 17. The van der Waals surface area contributed by atoms with Crippen molar-refractivity contribution >= 4 is 19.8 Å². The second-order valence-corrected chi connectivity index (χ2v) is 15.0. The molecule has 0 bridgehead atoms. The number of aliphatic hydroxyl groups excluding tert-OH is 11. The van der Waals surface area contributed by atoms with Crippen molar-refractivity contribution in [2.45, 2.75) is 135 Å². The van der Waals surface area contributed by atoms with Gasteiger partial charge in [-0.05, 0) is 0 Å². The average Bonchev–Trinajstić information content (AvgIpc) is 3.14.